The zero-order chi connectivity index (χ0) is 28.6. The van der Waals surface area contributed by atoms with Gasteiger partial charge in [-0.2, -0.15) is 0 Å². The fourth-order valence-electron chi connectivity index (χ4n) is 4.60. The highest BCUT2D eigenvalue weighted by Gasteiger charge is 2.34. The van der Waals surface area contributed by atoms with Gasteiger partial charge in [-0.1, -0.05) is 55.5 Å². The number of likely N-dealkylation sites (N-methyl/N-ethyl adjacent to an activating group) is 1. The average molecular weight is 545 g/mol. The molecule has 0 saturated heterocycles. The van der Waals surface area contributed by atoms with E-state index in [9.17, 15) is 19.5 Å². The molecule has 0 aromatic heterocycles. The molecule has 4 amide bonds. The van der Waals surface area contributed by atoms with Crippen LogP contribution in [0.15, 0.2) is 78.9 Å². The molecule has 0 spiro atoms. The third kappa shape index (κ3) is 7.18. The van der Waals surface area contributed by atoms with E-state index in [1.165, 1.54) is 0 Å². The summed E-state index contributed by atoms with van der Waals surface area (Å²) in [4.78, 5) is 42.4. The molecule has 1 aliphatic rings. The molecular weight excluding hydrogens is 508 g/mol. The Bertz CT molecular complexity index is 1320. The number of hydrogen-bond acceptors (Lipinski definition) is 5. The topological polar surface area (TPSA) is 111 Å². The SMILES string of the molecule is CC1CN(C(C)CO)C(=O)c2cc(NC(=O)Cc3ccccc3)ccc2OC1CN(C)C(=O)Nc1ccccc1. The first-order valence-corrected chi connectivity index (χ1v) is 13.4. The fraction of sp³-hybridized carbons (Fsp3) is 0.323. The normalized spacial score (nSPS) is 17.5. The highest BCUT2D eigenvalue weighted by Crippen LogP contribution is 2.31. The zero-order valence-electron chi connectivity index (χ0n) is 23.0. The lowest BCUT2D eigenvalue weighted by Crippen LogP contribution is -2.50. The number of anilines is 2. The molecule has 3 unspecified atom stereocenters. The summed E-state index contributed by atoms with van der Waals surface area (Å²) in [6.45, 7) is 4.13. The van der Waals surface area contributed by atoms with Gasteiger partial charge in [-0.3, -0.25) is 9.59 Å². The lowest BCUT2D eigenvalue weighted by atomic mass is 9.99. The van der Waals surface area contributed by atoms with Crippen LogP contribution in [-0.2, 0) is 11.2 Å². The average Bonchev–Trinajstić information content (AvgIpc) is 2.95. The minimum absolute atomic E-state index is 0.150. The van der Waals surface area contributed by atoms with E-state index in [0.29, 0.717) is 23.7 Å². The summed E-state index contributed by atoms with van der Waals surface area (Å²) in [6.07, 6.45) is -0.238. The van der Waals surface area contributed by atoms with Crippen LogP contribution in [0.1, 0.15) is 29.8 Å². The Labute approximate surface area is 234 Å². The zero-order valence-corrected chi connectivity index (χ0v) is 23.0. The Balaban J connectivity index is 1.55. The first kappa shape index (κ1) is 28.6. The molecule has 4 rings (SSSR count). The summed E-state index contributed by atoms with van der Waals surface area (Å²) in [5.74, 6) is -0.294. The maximum atomic E-state index is 13.7. The third-order valence-electron chi connectivity index (χ3n) is 6.98. The smallest absolute Gasteiger partial charge is 0.321 e. The summed E-state index contributed by atoms with van der Waals surface area (Å²) in [7, 11) is 1.69. The molecule has 0 radical (unpaired) electrons. The minimum Gasteiger partial charge on any atom is -0.487 e. The number of carbonyl (C=O) groups excluding carboxylic acids is 3. The molecule has 9 heteroatoms. The Hall–Kier alpha value is -4.37. The van der Waals surface area contributed by atoms with Crippen LogP contribution in [0.3, 0.4) is 0 Å². The molecule has 0 saturated carbocycles. The number of aliphatic hydroxyl groups is 1. The van der Waals surface area contributed by atoms with E-state index in [0.717, 1.165) is 5.56 Å². The second-order valence-corrected chi connectivity index (χ2v) is 10.2. The number of ether oxygens (including phenoxy) is 1. The molecule has 40 heavy (non-hydrogen) atoms. The van der Waals surface area contributed by atoms with E-state index in [1.807, 2.05) is 67.6 Å². The number of nitrogens with one attached hydrogen (secondary N) is 2. The summed E-state index contributed by atoms with van der Waals surface area (Å²) < 4.78 is 6.36. The van der Waals surface area contributed by atoms with E-state index in [1.54, 1.807) is 42.0 Å². The number of urea groups is 1. The van der Waals surface area contributed by atoms with E-state index >= 15 is 0 Å². The van der Waals surface area contributed by atoms with Gasteiger partial charge in [0.05, 0.1) is 31.2 Å². The van der Waals surface area contributed by atoms with Gasteiger partial charge in [0, 0.05) is 30.9 Å². The molecule has 3 atom stereocenters. The molecule has 210 valence electrons. The predicted molar refractivity (Wildman–Crippen MR) is 154 cm³/mol. The van der Waals surface area contributed by atoms with E-state index < -0.39 is 12.1 Å². The monoisotopic (exact) mass is 544 g/mol. The van der Waals surface area contributed by atoms with Crippen LogP contribution < -0.4 is 15.4 Å². The summed E-state index contributed by atoms with van der Waals surface area (Å²) in [6, 6.07) is 22.9. The van der Waals surface area contributed by atoms with Gasteiger partial charge in [0.25, 0.3) is 5.91 Å². The van der Waals surface area contributed by atoms with Crippen molar-refractivity contribution in [2.45, 2.75) is 32.4 Å². The van der Waals surface area contributed by atoms with Crippen molar-refractivity contribution in [3.63, 3.8) is 0 Å². The maximum Gasteiger partial charge on any atom is 0.321 e. The van der Waals surface area contributed by atoms with Gasteiger partial charge in [-0.05, 0) is 42.8 Å². The van der Waals surface area contributed by atoms with Crippen LogP contribution in [0, 0.1) is 5.92 Å². The van der Waals surface area contributed by atoms with Crippen molar-refractivity contribution in [2.24, 2.45) is 5.92 Å². The number of fused-ring (bicyclic) bond motifs is 1. The second-order valence-electron chi connectivity index (χ2n) is 10.2. The number of carbonyl (C=O) groups is 3. The molecule has 3 aromatic carbocycles. The largest absolute Gasteiger partial charge is 0.487 e. The number of benzene rings is 3. The van der Waals surface area contributed by atoms with Crippen molar-refractivity contribution in [2.75, 3.05) is 37.4 Å². The van der Waals surface area contributed by atoms with Gasteiger partial charge in [0.2, 0.25) is 5.91 Å². The third-order valence-corrected chi connectivity index (χ3v) is 6.98. The summed E-state index contributed by atoms with van der Waals surface area (Å²) >= 11 is 0. The molecule has 1 aliphatic heterocycles. The predicted octanol–water partition coefficient (Wildman–Crippen LogP) is 4.25. The van der Waals surface area contributed by atoms with Crippen molar-refractivity contribution in [3.05, 3.63) is 90.0 Å². The Kier molecular flexibility index (Phi) is 9.39. The van der Waals surface area contributed by atoms with Crippen molar-refractivity contribution in [1.29, 1.82) is 0 Å². The highest BCUT2D eigenvalue weighted by atomic mass is 16.5. The van der Waals surface area contributed by atoms with Gasteiger partial charge in [0.1, 0.15) is 11.9 Å². The maximum absolute atomic E-state index is 13.7. The number of rotatable bonds is 8. The van der Waals surface area contributed by atoms with Crippen molar-refractivity contribution in [3.8, 4) is 5.75 Å². The van der Waals surface area contributed by atoms with Gasteiger partial charge >= 0.3 is 6.03 Å². The Morgan fingerprint density at radius 1 is 1.02 bits per heavy atom. The van der Waals surface area contributed by atoms with E-state index in [2.05, 4.69) is 10.6 Å². The molecule has 0 aliphatic carbocycles. The molecular formula is C31H36N4O5. The van der Waals surface area contributed by atoms with Crippen LogP contribution >= 0.6 is 0 Å². The van der Waals surface area contributed by atoms with Crippen LogP contribution in [0.2, 0.25) is 0 Å². The molecule has 1 heterocycles. The molecule has 0 fully saturated rings. The lowest BCUT2D eigenvalue weighted by molar-refractivity contribution is -0.115. The first-order valence-electron chi connectivity index (χ1n) is 13.4. The van der Waals surface area contributed by atoms with Crippen molar-refractivity contribution in [1.82, 2.24) is 9.80 Å². The minimum atomic E-state index is -0.440. The number of nitrogens with zero attached hydrogens (tertiary/aromatic N) is 2. The van der Waals surface area contributed by atoms with Crippen LogP contribution in [-0.4, -0.2) is 71.6 Å². The molecule has 3 aromatic rings. The van der Waals surface area contributed by atoms with Gasteiger partial charge in [-0.25, -0.2) is 4.79 Å². The quantitative estimate of drug-likeness (QED) is 0.393. The first-order chi connectivity index (χ1) is 19.2. The second kappa shape index (κ2) is 13.1. The molecule has 0 bridgehead atoms. The number of hydrogen-bond donors (Lipinski definition) is 3. The van der Waals surface area contributed by atoms with Crippen LogP contribution in [0.4, 0.5) is 16.2 Å². The Morgan fingerprint density at radius 2 is 1.70 bits per heavy atom. The lowest BCUT2D eigenvalue weighted by Gasteiger charge is -2.38. The number of aliphatic hydroxyl groups excluding tert-OH is 1. The van der Waals surface area contributed by atoms with Crippen molar-refractivity contribution >= 4 is 29.2 Å². The van der Waals surface area contributed by atoms with E-state index in [-0.39, 0.29) is 48.9 Å². The summed E-state index contributed by atoms with van der Waals surface area (Å²) in [5, 5.41) is 15.6. The molecule has 3 N–H and O–H groups in total. The van der Waals surface area contributed by atoms with Crippen LogP contribution in [0.25, 0.3) is 0 Å². The van der Waals surface area contributed by atoms with Crippen LogP contribution in [0.5, 0.6) is 5.75 Å². The number of amides is 4. The standard InChI is InChI=1S/C31H36N4O5/c1-21-18-35(22(2)20-36)30(38)26-17-25(32-29(37)16-23-10-6-4-7-11-23)14-15-27(26)40-28(21)19-34(3)31(39)33-24-12-8-5-9-13-24/h4-15,17,21-22,28,36H,16,18-20H2,1-3H3,(H,32,37)(H,33,39). The highest BCUT2D eigenvalue weighted by molar-refractivity contribution is 6.00. The Morgan fingerprint density at radius 3 is 2.38 bits per heavy atom. The van der Waals surface area contributed by atoms with Gasteiger partial charge in [-0.15, -0.1) is 0 Å². The summed E-state index contributed by atoms with van der Waals surface area (Å²) in [5.41, 5.74) is 2.32. The van der Waals surface area contributed by atoms with Crippen molar-refractivity contribution < 1.29 is 24.2 Å². The molecule has 9 nitrogen and oxygen atoms in total. The fourth-order valence-corrected chi connectivity index (χ4v) is 4.60. The number of para-hydroxylation sites is 1. The van der Waals surface area contributed by atoms with E-state index in [4.69, 9.17) is 4.74 Å². The van der Waals surface area contributed by atoms with Gasteiger partial charge in [0.15, 0.2) is 0 Å². The van der Waals surface area contributed by atoms with Gasteiger partial charge < -0.3 is 30.3 Å².